The van der Waals surface area contributed by atoms with Crippen molar-refractivity contribution in [3.8, 4) is 5.75 Å². The Kier molecular flexibility index (Phi) is 2.91. The monoisotopic (exact) mass is 211 g/mol. The summed E-state index contributed by atoms with van der Waals surface area (Å²) in [7, 11) is 0. The van der Waals surface area contributed by atoms with Gasteiger partial charge in [0.1, 0.15) is 0 Å². The van der Waals surface area contributed by atoms with Crippen LogP contribution in [0.25, 0.3) is 0 Å². The molecule has 0 heterocycles. The van der Waals surface area contributed by atoms with Gasteiger partial charge in [-0.2, -0.15) is 0 Å². The van der Waals surface area contributed by atoms with Crippen LogP contribution in [-0.2, 0) is 4.79 Å². The molecule has 8 heteroatoms. The van der Waals surface area contributed by atoms with E-state index in [0.29, 0.717) is 0 Å². The maximum Gasteiger partial charge on any atom is 0.423 e. The SMILES string of the molecule is O=[C]Oc1c([N+](=O)[O-])cccc1[N+](=O)[O-]. The van der Waals surface area contributed by atoms with Crippen molar-refractivity contribution >= 4 is 17.8 Å². The zero-order chi connectivity index (χ0) is 11.4. The summed E-state index contributed by atoms with van der Waals surface area (Å²) in [5.74, 6) is -0.720. The van der Waals surface area contributed by atoms with E-state index in [2.05, 4.69) is 4.74 Å². The number of ether oxygens (including phenoxy) is 1. The fourth-order valence-corrected chi connectivity index (χ4v) is 0.947. The molecule has 0 bridgehead atoms. The summed E-state index contributed by atoms with van der Waals surface area (Å²) >= 11 is 0. The number of para-hydroxylation sites is 1. The second-order valence-electron chi connectivity index (χ2n) is 2.33. The van der Waals surface area contributed by atoms with Gasteiger partial charge in [-0.05, 0) is 6.07 Å². The number of nitro benzene ring substituents is 2. The molecule has 0 N–H and O–H groups in total. The third-order valence-corrected chi connectivity index (χ3v) is 1.51. The van der Waals surface area contributed by atoms with Crippen LogP contribution in [0.5, 0.6) is 5.75 Å². The molecule has 77 valence electrons. The quantitative estimate of drug-likeness (QED) is 0.541. The molecule has 1 aromatic carbocycles. The van der Waals surface area contributed by atoms with Crippen molar-refractivity contribution in [2.24, 2.45) is 0 Å². The molecule has 0 spiro atoms. The maximum absolute atomic E-state index is 10.4. The van der Waals surface area contributed by atoms with Crippen LogP contribution >= 0.6 is 0 Å². The predicted octanol–water partition coefficient (Wildman–Crippen LogP) is 0.949. The second-order valence-corrected chi connectivity index (χ2v) is 2.33. The van der Waals surface area contributed by atoms with Gasteiger partial charge in [-0.15, -0.1) is 0 Å². The first-order valence-electron chi connectivity index (χ1n) is 3.53. The van der Waals surface area contributed by atoms with Gasteiger partial charge in [0.05, 0.1) is 9.85 Å². The van der Waals surface area contributed by atoms with E-state index < -0.39 is 27.0 Å². The van der Waals surface area contributed by atoms with Crippen molar-refractivity contribution in [2.75, 3.05) is 0 Å². The predicted molar refractivity (Wildman–Crippen MR) is 46.1 cm³/mol. The van der Waals surface area contributed by atoms with E-state index in [4.69, 9.17) is 0 Å². The molecule has 1 rings (SSSR count). The Balaban J connectivity index is 3.40. The van der Waals surface area contributed by atoms with Crippen LogP contribution in [0.15, 0.2) is 18.2 Å². The lowest BCUT2D eigenvalue weighted by atomic mass is 10.2. The van der Waals surface area contributed by atoms with E-state index in [1.807, 2.05) is 0 Å². The fourth-order valence-electron chi connectivity index (χ4n) is 0.947. The molecule has 0 aliphatic heterocycles. The zero-order valence-corrected chi connectivity index (χ0v) is 7.08. The van der Waals surface area contributed by atoms with Crippen molar-refractivity contribution in [1.29, 1.82) is 0 Å². The molecule has 8 nitrogen and oxygen atoms in total. The number of nitrogens with zero attached hydrogens (tertiary/aromatic N) is 2. The van der Waals surface area contributed by atoms with Gasteiger partial charge in [-0.3, -0.25) is 20.2 Å². The average Bonchev–Trinajstić information content (AvgIpc) is 2.17. The molecular weight excluding hydrogens is 208 g/mol. The Morgan fingerprint density at radius 3 is 1.93 bits per heavy atom. The summed E-state index contributed by atoms with van der Waals surface area (Å²) in [6.45, 7) is 0.916. The molecule has 0 aliphatic carbocycles. The molecule has 0 aliphatic rings. The fraction of sp³-hybridized carbons (Fsp3) is 0. The molecule has 0 aromatic heterocycles. The van der Waals surface area contributed by atoms with E-state index >= 15 is 0 Å². The van der Waals surface area contributed by atoms with Crippen LogP contribution in [0.4, 0.5) is 11.4 Å². The first kappa shape index (κ1) is 10.6. The zero-order valence-electron chi connectivity index (χ0n) is 7.08. The molecule has 0 fully saturated rings. The van der Waals surface area contributed by atoms with E-state index in [0.717, 1.165) is 24.7 Å². The minimum Gasteiger partial charge on any atom is -0.403 e. The van der Waals surface area contributed by atoms with Gasteiger partial charge in [0.25, 0.3) is 5.75 Å². The molecular formula is C7H3N2O6. The minimum atomic E-state index is -0.889. The topological polar surface area (TPSA) is 113 Å². The summed E-state index contributed by atoms with van der Waals surface area (Å²) < 4.78 is 4.10. The van der Waals surface area contributed by atoms with Crippen molar-refractivity contribution in [2.45, 2.75) is 0 Å². The molecule has 0 amide bonds. The van der Waals surface area contributed by atoms with Crippen molar-refractivity contribution in [3.63, 3.8) is 0 Å². The van der Waals surface area contributed by atoms with Crippen LogP contribution in [0, 0.1) is 20.2 Å². The van der Waals surface area contributed by atoms with Crippen molar-refractivity contribution < 1.29 is 19.4 Å². The number of carbonyl (C=O) groups excluding carboxylic acids is 1. The highest BCUT2D eigenvalue weighted by molar-refractivity contribution is 5.64. The smallest absolute Gasteiger partial charge is 0.403 e. The standard InChI is InChI=1S/C7H3N2O6/c10-4-15-7-5(8(11)12)2-1-3-6(7)9(13)14/h1-3H. The molecule has 1 radical (unpaired) electrons. The maximum atomic E-state index is 10.4. The Hall–Kier alpha value is -2.51. The van der Waals surface area contributed by atoms with Gasteiger partial charge in [0.15, 0.2) is 0 Å². The van der Waals surface area contributed by atoms with Gasteiger partial charge in [-0.25, -0.2) is 4.79 Å². The number of hydrogen-bond donors (Lipinski definition) is 0. The van der Waals surface area contributed by atoms with E-state index in [-0.39, 0.29) is 0 Å². The number of hydrogen-bond acceptors (Lipinski definition) is 6. The lowest BCUT2D eigenvalue weighted by Gasteiger charge is -1.99. The molecule has 0 saturated heterocycles. The Labute approximate surface area is 82.4 Å². The largest absolute Gasteiger partial charge is 0.423 e. The normalized spacial score (nSPS) is 9.33. The number of benzene rings is 1. The Morgan fingerprint density at radius 1 is 1.13 bits per heavy atom. The number of rotatable bonds is 4. The minimum absolute atomic E-state index is 0.660. The van der Waals surface area contributed by atoms with E-state index in [9.17, 15) is 25.0 Å². The highest BCUT2D eigenvalue weighted by Crippen LogP contribution is 2.35. The van der Waals surface area contributed by atoms with Crippen LogP contribution in [0.2, 0.25) is 0 Å². The number of nitro groups is 2. The van der Waals surface area contributed by atoms with Crippen molar-refractivity contribution in [1.82, 2.24) is 0 Å². The second kappa shape index (κ2) is 4.13. The van der Waals surface area contributed by atoms with Gasteiger partial charge >= 0.3 is 17.8 Å². The Bertz CT molecular complexity index is 397. The van der Waals surface area contributed by atoms with Crippen LogP contribution in [0.3, 0.4) is 0 Å². The molecule has 1 aromatic rings. The molecule has 0 atom stereocenters. The van der Waals surface area contributed by atoms with Crippen molar-refractivity contribution in [3.05, 3.63) is 38.4 Å². The van der Waals surface area contributed by atoms with E-state index in [1.54, 1.807) is 0 Å². The van der Waals surface area contributed by atoms with E-state index in [1.165, 1.54) is 0 Å². The third kappa shape index (κ3) is 2.05. The summed E-state index contributed by atoms with van der Waals surface area (Å²) in [6, 6.07) is 3.09. The lowest BCUT2D eigenvalue weighted by Crippen LogP contribution is -2.00. The first-order valence-corrected chi connectivity index (χ1v) is 3.53. The van der Waals surface area contributed by atoms with Gasteiger partial charge in [0, 0.05) is 12.1 Å². The summed E-state index contributed by atoms with van der Waals surface area (Å²) in [4.78, 5) is 29.0. The van der Waals surface area contributed by atoms with Crippen LogP contribution in [-0.4, -0.2) is 16.3 Å². The van der Waals surface area contributed by atoms with Gasteiger partial charge in [0.2, 0.25) is 0 Å². The highest BCUT2D eigenvalue weighted by atomic mass is 16.6. The van der Waals surface area contributed by atoms with Crippen LogP contribution in [0.1, 0.15) is 0 Å². The first-order chi connectivity index (χ1) is 7.07. The highest BCUT2D eigenvalue weighted by Gasteiger charge is 2.26. The van der Waals surface area contributed by atoms with Crippen LogP contribution < -0.4 is 4.74 Å². The van der Waals surface area contributed by atoms with Gasteiger partial charge in [-0.1, -0.05) is 0 Å². The summed E-state index contributed by atoms with van der Waals surface area (Å²) in [6.07, 6.45) is 0. The average molecular weight is 211 g/mol. The van der Waals surface area contributed by atoms with Gasteiger partial charge < -0.3 is 4.74 Å². The summed E-state index contributed by atoms with van der Waals surface area (Å²) in [5.41, 5.74) is -1.32. The third-order valence-electron chi connectivity index (χ3n) is 1.51. The molecule has 0 unspecified atom stereocenters. The summed E-state index contributed by atoms with van der Waals surface area (Å²) in [5, 5.41) is 20.9. The molecule has 15 heavy (non-hydrogen) atoms. The molecule has 0 saturated carbocycles. The Morgan fingerprint density at radius 2 is 1.60 bits per heavy atom. The lowest BCUT2D eigenvalue weighted by molar-refractivity contribution is -0.395.